The number of anilines is 1. The van der Waals surface area contributed by atoms with E-state index < -0.39 is 10.0 Å². The Bertz CT molecular complexity index is 1010. The summed E-state index contributed by atoms with van der Waals surface area (Å²) in [5, 5.41) is 2.80. The third-order valence-electron chi connectivity index (χ3n) is 5.11. The summed E-state index contributed by atoms with van der Waals surface area (Å²) < 4.78 is 48.0. The number of hydrogen-bond donors (Lipinski definition) is 1. The maximum atomic E-state index is 12.7. The van der Waals surface area contributed by atoms with Crippen LogP contribution in [0.1, 0.15) is 12.0 Å². The number of nitrogens with one attached hydrogen (secondary N) is 1. The molecule has 1 heterocycles. The zero-order valence-electron chi connectivity index (χ0n) is 18.4. The molecule has 174 valence electrons. The fraction of sp³-hybridized carbons (Fsp3) is 0.409. The molecule has 2 aromatic carbocycles. The molecule has 0 aliphatic carbocycles. The second kappa shape index (κ2) is 10.7. The highest BCUT2D eigenvalue weighted by Crippen LogP contribution is 2.38. The highest BCUT2D eigenvalue weighted by Gasteiger charge is 2.26. The monoisotopic (exact) mass is 464 g/mol. The lowest BCUT2D eigenvalue weighted by Crippen LogP contribution is -2.40. The Morgan fingerprint density at radius 3 is 2.12 bits per heavy atom. The molecule has 1 fully saturated rings. The highest BCUT2D eigenvalue weighted by atomic mass is 32.2. The molecule has 0 bridgehead atoms. The van der Waals surface area contributed by atoms with Crippen molar-refractivity contribution in [1.82, 2.24) is 4.31 Å². The lowest BCUT2D eigenvalue weighted by atomic mass is 10.1. The summed E-state index contributed by atoms with van der Waals surface area (Å²) >= 11 is 0. The van der Waals surface area contributed by atoms with Gasteiger partial charge in [-0.3, -0.25) is 4.79 Å². The van der Waals surface area contributed by atoms with Gasteiger partial charge >= 0.3 is 0 Å². The van der Waals surface area contributed by atoms with Crippen LogP contribution in [0.2, 0.25) is 0 Å². The molecule has 0 unspecified atom stereocenters. The smallest absolute Gasteiger partial charge is 0.243 e. The number of rotatable bonds is 9. The van der Waals surface area contributed by atoms with Crippen LogP contribution < -0.4 is 19.5 Å². The van der Waals surface area contributed by atoms with E-state index >= 15 is 0 Å². The Hall–Kier alpha value is -2.82. The Balaban J connectivity index is 1.61. The third-order valence-corrected chi connectivity index (χ3v) is 7.02. The fourth-order valence-corrected chi connectivity index (χ4v) is 4.82. The number of ether oxygens (including phenoxy) is 4. The Morgan fingerprint density at radius 2 is 1.59 bits per heavy atom. The van der Waals surface area contributed by atoms with E-state index in [0.717, 1.165) is 5.56 Å². The maximum Gasteiger partial charge on any atom is 0.243 e. The minimum Gasteiger partial charge on any atom is -0.493 e. The number of nitrogens with zero attached hydrogens (tertiary/aromatic N) is 1. The SMILES string of the molecule is COc1cc(CCC(=O)Nc2ccc(S(=O)(=O)N3CCOCC3)cc2)cc(OC)c1OC. The zero-order chi connectivity index (χ0) is 23.1. The van der Waals surface area contributed by atoms with Gasteiger partial charge in [0.1, 0.15) is 0 Å². The minimum absolute atomic E-state index is 0.190. The minimum atomic E-state index is -3.57. The normalized spacial score (nSPS) is 14.6. The molecule has 9 nitrogen and oxygen atoms in total. The first-order chi connectivity index (χ1) is 15.4. The van der Waals surface area contributed by atoms with Gasteiger partial charge in [-0.2, -0.15) is 4.31 Å². The van der Waals surface area contributed by atoms with Crippen LogP contribution in [0.3, 0.4) is 0 Å². The Labute approximate surface area is 188 Å². The second-order valence-electron chi connectivity index (χ2n) is 7.12. The average Bonchev–Trinajstić information content (AvgIpc) is 2.82. The summed E-state index contributed by atoms with van der Waals surface area (Å²) in [7, 11) is 1.04. The van der Waals surface area contributed by atoms with Gasteiger partial charge in [-0.05, 0) is 48.4 Å². The number of sulfonamides is 1. The molecule has 0 spiro atoms. The van der Waals surface area contributed by atoms with Gasteiger partial charge < -0.3 is 24.3 Å². The van der Waals surface area contributed by atoms with Crippen LogP contribution in [0, 0.1) is 0 Å². The van der Waals surface area contributed by atoms with Crippen LogP contribution in [-0.2, 0) is 26.0 Å². The van der Waals surface area contributed by atoms with Crippen LogP contribution in [-0.4, -0.2) is 66.3 Å². The Kier molecular flexibility index (Phi) is 7.94. The molecule has 3 rings (SSSR count). The molecule has 0 radical (unpaired) electrons. The summed E-state index contributed by atoms with van der Waals surface area (Å²) in [5.41, 5.74) is 1.39. The first kappa shape index (κ1) is 23.8. The van der Waals surface area contributed by atoms with Gasteiger partial charge in [-0.15, -0.1) is 0 Å². The molecule has 1 aliphatic rings. The van der Waals surface area contributed by atoms with Gasteiger partial charge in [0.25, 0.3) is 0 Å². The van der Waals surface area contributed by atoms with Crippen molar-refractivity contribution in [3.8, 4) is 17.2 Å². The molecule has 0 aromatic heterocycles. The number of methoxy groups -OCH3 is 3. The van der Waals surface area contributed by atoms with Crippen molar-refractivity contribution in [3.05, 3.63) is 42.0 Å². The molecule has 0 saturated carbocycles. The van der Waals surface area contributed by atoms with Gasteiger partial charge in [0.05, 0.1) is 39.4 Å². The molecule has 0 atom stereocenters. The van der Waals surface area contributed by atoms with E-state index in [2.05, 4.69) is 5.32 Å². The lowest BCUT2D eigenvalue weighted by molar-refractivity contribution is -0.116. The third kappa shape index (κ3) is 5.50. The topological polar surface area (TPSA) is 103 Å². The van der Waals surface area contributed by atoms with E-state index in [1.54, 1.807) is 24.3 Å². The summed E-state index contributed by atoms with van der Waals surface area (Å²) in [6, 6.07) is 9.79. The number of hydrogen-bond acceptors (Lipinski definition) is 7. The summed E-state index contributed by atoms with van der Waals surface area (Å²) in [4.78, 5) is 12.6. The van der Waals surface area contributed by atoms with Crippen molar-refractivity contribution in [1.29, 1.82) is 0 Å². The van der Waals surface area contributed by atoms with Gasteiger partial charge in [-0.1, -0.05) is 0 Å². The van der Waals surface area contributed by atoms with E-state index in [1.807, 2.05) is 0 Å². The van der Waals surface area contributed by atoms with Gasteiger partial charge in [0.2, 0.25) is 21.7 Å². The summed E-state index contributed by atoms with van der Waals surface area (Å²) in [6.07, 6.45) is 0.693. The predicted octanol–water partition coefficient (Wildman–Crippen LogP) is 2.30. The number of aryl methyl sites for hydroxylation is 1. The first-order valence-electron chi connectivity index (χ1n) is 10.2. The first-order valence-corrected chi connectivity index (χ1v) is 11.6. The van der Waals surface area contributed by atoms with Gasteiger partial charge in [-0.25, -0.2) is 8.42 Å². The van der Waals surface area contributed by atoms with E-state index in [9.17, 15) is 13.2 Å². The molecule has 1 amide bonds. The highest BCUT2D eigenvalue weighted by molar-refractivity contribution is 7.89. The number of amides is 1. The molecule has 1 saturated heterocycles. The molecule has 1 N–H and O–H groups in total. The predicted molar refractivity (Wildman–Crippen MR) is 119 cm³/mol. The van der Waals surface area contributed by atoms with Crippen LogP contribution in [0.5, 0.6) is 17.2 Å². The molecule has 2 aromatic rings. The maximum absolute atomic E-state index is 12.7. The van der Waals surface area contributed by atoms with Crippen molar-refractivity contribution >= 4 is 21.6 Å². The van der Waals surface area contributed by atoms with Crippen LogP contribution in [0.15, 0.2) is 41.3 Å². The van der Waals surface area contributed by atoms with Crippen molar-refractivity contribution in [3.63, 3.8) is 0 Å². The lowest BCUT2D eigenvalue weighted by Gasteiger charge is -2.26. The van der Waals surface area contributed by atoms with E-state index in [4.69, 9.17) is 18.9 Å². The molecule has 32 heavy (non-hydrogen) atoms. The zero-order valence-corrected chi connectivity index (χ0v) is 19.2. The van der Waals surface area contributed by atoms with Crippen molar-refractivity contribution < 1.29 is 32.2 Å². The quantitative estimate of drug-likeness (QED) is 0.607. The number of benzene rings is 2. The standard InChI is InChI=1S/C22H28N2O7S/c1-28-19-14-16(15-20(29-2)22(19)30-3)4-9-21(25)23-17-5-7-18(8-6-17)32(26,27)24-10-12-31-13-11-24/h5-8,14-15H,4,9-13H2,1-3H3,(H,23,25). The van der Waals surface area contributed by atoms with Crippen LogP contribution in [0.25, 0.3) is 0 Å². The summed E-state index contributed by atoms with van der Waals surface area (Å²) in [5.74, 6) is 1.36. The number of carbonyl (C=O) groups is 1. The number of morpholine rings is 1. The van der Waals surface area contributed by atoms with E-state index in [-0.39, 0.29) is 17.2 Å². The second-order valence-corrected chi connectivity index (χ2v) is 9.06. The van der Waals surface area contributed by atoms with Gasteiger partial charge in [0, 0.05) is 25.2 Å². The van der Waals surface area contributed by atoms with Crippen molar-refractivity contribution in [2.75, 3.05) is 52.9 Å². The van der Waals surface area contributed by atoms with Crippen molar-refractivity contribution in [2.24, 2.45) is 0 Å². The van der Waals surface area contributed by atoms with E-state index in [1.165, 1.54) is 37.8 Å². The number of carbonyl (C=O) groups excluding carboxylic acids is 1. The Morgan fingerprint density at radius 1 is 1.00 bits per heavy atom. The molecular weight excluding hydrogens is 436 g/mol. The largest absolute Gasteiger partial charge is 0.493 e. The van der Waals surface area contributed by atoms with Gasteiger partial charge in [0.15, 0.2) is 11.5 Å². The molecule has 1 aliphatic heterocycles. The van der Waals surface area contributed by atoms with Crippen LogP contribution in [0.4, 0.5) is 5.69 Å². The van der Waals surface area contributed by atoms with Crippen molar-refractivity contribution in [2.45, 2.75) is 17.7 Å². The molecule has 10 heteroatoms. The molecular formula is C22H28N2O7S. The average molecular weight is 465 g/mol. The summed E-state index contributed by atoms with van der Waals surface area (Å²) in [6.45, 7) is 1.45. The van der Waals surface area contributed by atoms with Crippen LogP contribution >= 0.6 is 0 Å². The fourth-order valence-electron chi connectivity index (χ4n) is 3.41. The van der Waals surface area contributed by atoms with E-state index in [0.29, 0.717) is 55.7 Å².